The van der Waals surface area contributed by atoms with E-state index in [1.165, 1.54) is 0 Å². The molecule has 7 nitrogen and oxygen atoms in total. The lowest BCUT2D eigenvalue weighted by Gasteiger charge is -2.26. The third kappa shape index (κ3) is 4.93. The van der Waals surface area contributed by atoms with Crippen LogP contribution in [-0.2, 0) is 19.1 Å². The van der Waals surface area contributed by atoms with E-state index in [0.717, 1.165) is 48.9 Å². The number of ether oxygens (including phenoxy) is 1. The number of benzene rings is 2. The number of carbonyl (C=O) groups excluding carboxylic acids is 3. The van der Waals surface area contributed by atoms with E-state index in [4.69, 9.17) is 4.74 Å². The number of anilines is 2. The molecule has 3 aliphatic rings. The average Bonchev–Trinajstić information content (AvgIpc) is 3.32. The number of rotatable bonds is 6. The summed E-state index contributed by atoms with van der Waals surface area (Å²) in [5.41, 5.74) is 3.55. The predicted molar refractivity (Wildman–Crippen MR) is 126 cm³/mol. The Labute approximate surface area is 193 Å². The largest absolute Gasteiger partial charge is 0.368 e. The highest BCUT2D eigenvalue weighted by Gasteiger charge is 2.38. The Morgan fingerprint density at radius 2 is 1.36 bits per heavy atom. The van der Waals surface area contributed by atoms with Crippen LogP contribution in [0.4, 0.5) is 11.4 Å². The fourth-order valence-electron chi connectivity index (χ4n) is 4.57. The Hall–Kier alpha value is -3.19. The first kappa shape index (κ1) is 21.6. The summed E-state index contributed by atoms with van der Waals surface area (Å²) in [6.07, 6.45) is 4.70. The second-order valence-electron chi connectivity index (χ2n) is 9.10. The van der Waals surface area contributed by atoms with E-state index < -0.39 is 12.1 Å². The highest BCUT2D eigenvalue weighted by atomic mass is 16.5. The van der Waals surface area contributed by atoms with Gasteiger partial charge in [0.15, 0.2) is 0 Å². The summed E-state index contributed by atoms with van der Waals surface area (Å²) in [5, 5.41) is 5.91. The first-order chi connectivity index (χ1) is 16.1. The monoisotopic (exact) mass is 447 g/mol. The van der Waals surface area contributed by atoms with E-state index in [9.17, 15) is 14.4 Å². The van der Waals surface area contributed by atoms with E-state index in [-0.39, 0.29) is 23.6 Å². The lowest BCUT2D eigenvalue weighted by molar-refractivity contribution is -0.144. The minimum atomic E-state index is -0.445. The van der Waals surface area contributed by atoms with Gasteiger partial charge in [-0.1, -0.05) is 24.3 Å². The zero-order valence-corrected chi connectivity index (χ0v) is 18.6. The van der Waals surface area contributed by atoms with E-state index >= 15 is 0 Å². The van der Waals surface area contributed by atoms with Gasteiger partial charge in [-0.3, -0.25) is 14.4 Å². The zero-order chi connectivity index (χ0) is 22.8. The van der Waals surface area contributed by atoms with Crippen LogP contribution in [0, 0.1) is 5.92 Å². The van der Waals surface area contributed by atoms with Crippen LogP contribution in [0.25, 0.3) is 11.1 Å². The predicted octanol–water partition coefficient (Wildman–Crippen LogP) is 3.81. The van der Waals surface area contributed by atoms with Crippen LogP contribution < -0.4 is 10.6 Å². The molecule has 2 aliphatic heterocycles. The van der Waals surface area contributed by atoms with Crippen molar-refractivity contribution < 1.29 is 19.1 Å². The molecule has 3 amide bonds. The molecule has 2 aromatic carbocycles. The van der Waals surface area contributed by atoms with Gasteiger partial charge < -0.3 is 20.3 Å². The van der Waals surface area contributed by atoms with E-state index in [1.54, 1.807) is 4.90 Å². The van der Waals surface area contributed by atoms with E-state index in [0.29, 0.717) is 25.3 Å². The Bertz CT molecular complexity index is 1020. The van der Waals surface area contributed by atoms with Crippen molar-refractivity contribution in [2.45, 2.75) is 50.7 Å². The van der Waals surface area contributed by atoms with Gasteiger partial charge in [0.2, 0.25) is 11.8 Å². The van der Waals surface area contributed by atoms with Crippen molar-refractivity contribution >= 4 is 29.1 Å². The second-order valence-corrected chi connectivity index (χ2v) is 9.10. The first-order valence-electron chi connectivity index (χ1n) is 11.8. The quantitative estimate of drug-likeness (QED) is 0.705. The van der Waals surface area contributed by atoms with Crippen LogP contribution >= 0.6 is 0 Å². The van der Waals surface area contributed by atoms with Crippen molar-refractivity contribution in [3.8, 4) is 11.1 Å². The summed E-state index contributed by atoms with van der Waals surface area (Å²) in [4.78, 5) is 39.2. The van der Waals surface area contributed by atoms with Crippen LogP contribution in [0.5, 0.6) is 0 Å². The van der Waals surface area contributed by atoms with Gasteiger partial charge in [0.05, 0.1) is 0 Å². The molecule has 0 radical (unpaired) electrons. The normalized spacial score (nSPS) is 22.2. The highest BCUT2D eigenvalue weighted by molar-refractivity contribution is 5.98. The van der Waals surface area contributed by atoms with Gasteiger partial charge in [-0.05, 0) is 73.9 Å². The van der Waals surface area contributed by atoms with Crippen molar-refractivity contribution in [2.24, 2.45) is 5.92 Å². The van der Waals surface area contributed by atoms with Crippen molar-refractivity contribution in [3.63, 3.8) is 0 Å². The van der Waals surface area contributed by atoms with Gasteiger partial charge in [0.1, 0.15) is 12.1 Å². The highest BCUT2D eigenvalue weighted by Crippen LogP contribution is 2.31. The number of hydrogen-bond donors (Lipinski definition) is 2. The number of nitrogens with one attached hydrogen (secondary N) is 2. The number of amides is 3. The number of carbonyl (C=O) groups is 3. The van der Waals surface area contributed by atoms with Gasteiger partial charge in [0, 0.05) is 30.4 Å². The van der Waals surface area contributed by atoms with Gasteiger partial charge in [0.25, 0.3) is 5.91 Å². The molecule has 2 N–H and O–H groups in total. The van der Waals surface area contributed by atoms with Crippen molar-refractivity contribution in [1.29, 1.82) is 0 Å². The minimum absolute atomic E-state index is 0.0581. The minimum Gasteiger partial charge on any atom is -0.368 e. The lowest BCUT2D eigenvalue weighted by Crippen LogP contribution is -2.47. The van der Waals surface area contributed by atoms with E-state index in [1.807, 2.05) is 48.5 Å². The van der Waals surface area contributed by atoms with Crippen LogP contribution in [0.15, 0.2) is 48.5 Å². The average molecular weight is 448 g/mol. The number of nitrogens with zero attached hydrogens (tertiary/aromatic N) is 1. The fraction of sp³-hybridized carbons (Fsp3) is 0.423. The third-order valence-electron chi connectivity index (χ3n) is 6.63. The molecule has 2 atom stereocenters. The van der Waals surface area contributed by atoms with Crippen LogP contribution in [0.3, 0.4) is 0 Å². The topological polar surface area (TPSA) is 87.7 Å². The lowest BCUT2D eigenvalue weighted by atomic mass is 10.0. The summed E-state index contributed by atoms with van der Waals surface area (Å²) in [6, 6.07) is 15.0. The summed E-state index contributed by atoms with van der Waals surface area (Å²) in [7, 11) is 0. The van der Waals surface area contributed by atoms with Crippen LogP contribution in [0.2, 0.25) is 0 Å². The summed E-state index contributed by atoms with van der Waals surface area (Å²) >= 11 is 0. The van der Waals surface area contributed by atoms with Crippen LogP contribution in [-0.4, -0.2) is 47.9 Å². The molecule has 1 saturated carbocycles. The molecule has 0 aromatic heterocycles. The SMILES string of the molecule is O=C(Nc1ccc(-c2ccc(NC(=O)[C@@H]3CCCN3C(=O)[C@H]3CCCO3)cc2)cc1)C1CC1. The third-order valence-corrected chi connectivity index (χ3v) is 6.63. The zero-order valence-electron chi connectivity index (χ0n) is 18.6. The molecule has 33 heavy (non-hydrogen) atoms. The molecular weight excluding hydrogens is 418 g/mol. The molecule has 172 valence electrons. The van der Waals surface area contributed by atoms with Crippen molar-refractivity contribution in [2.75, 3.05) is 23.8 Å². The second kappa shape index (κ2) is 9.35. The molecule has 0 unspecified atom stereocenters. The maximum Gasteiger partial charge on any atom is 0.252 e. The fourth-order valence-corrected chi connectivity index (χ4v) is 4.57. The molecule has 0 bridgehead atoms. The van der Waals surface area contributed by atoms with E-state index in [2.05, 4.69) is 10.6 Å². The number of likely N-dealkylation sites (tertiary alicyclic amines) is 1. The molecule has 5 rings (SSSR count). The Morgan fingerprint density at radius 1 is 0.758 bits per heavy atom. The maximum absolute atomic E-state index is 12.9. The Balaban J connectivity index is 1.19. The molecule has 2 saturated heterocycles. The summed E-state index contributed by atoms with van der Waals surface area (Å²) in [6.45, 7) is 1.22. The smallest absolute Gasteiger partial charge is 0.252 e. The molecular formula is C26H29N3O4. The molecule has 7 heteroatoms. The first-order valence-corrected chi connectivity index (χ1v) is 11.8. The maximum atomic E-state index is 12.9. The van der Waals surface area contributed by atoms with Gasteiger partial charge in [-0.2, -0.15) is 0 Å². The molecule has 1 aliphatic carbocycles. The Morgan fingerprint density at radius 3 is 1.91 bits per heavy atom. The Kier molecular flexibility index (Phi) is 6.13. The summed E-state index contributed by atoms with van der Waals surface area (Å²) < 4.78 is 5.52. The molecule has 0 spiro atoms. The summed E-state index contributed by atoms with van der Waals surface area (Å²) in [5.74, 6) is 0.0682. The molecule has 2 aromatic rings. The molecule has 3 fully saturated rings. The van der Waals surface area contributed by atoms with Crippen molar-refractivity contribution in [3.05, 3.63) is 48.5 Å². The van der Waals surface area contributed by atoms with Gasteiger partial charge in [-0.25, -0.2) is 0 Å². The molecule has 2 heterocycles. The standard InChI is InChI=1S/C26H29N3O4/c30-24(19-5-6-19)27-20-11-7-17(8-12-20)18-9-13-21(14-10-18)28-25(31)22-3-1-15-29(22)26(32)23-4-2-16-33-23/h7-14,19,22-23H,1-6,15-16H2,(H,27,30)(H,28,31)/t22-,23+/m0/s1. The van der Waals surface area contributed by atoms with Gasteiger partial charge >= 0.3 is 0 Å². The number of hydrogen-bond acceptors (Lipinski definition) is 4. The van der Waals surface area contributed by atoms with Crippen molar-refractivity contribution in [1.82, 2.24) is 4.90 Å². The van der Waals surface area contributed by atoms with Gasteiger partial charge in [-0.15, -0.1) is 0 Å². The van der Waals surface area contributed by atoms with Crippen LogP contribution in [0.1, 0.15) is 38.5 Å².